The minimum absolute atomic E-state index is 0.0751. The Morgan fingerprint density at radius 3 is 2.60 bits per heavy atom. The molecule has 0 heterocycles. The van der Waals surface area contributed by atoms with Crippen LogP contribution in [0.15, 0.2) is 12.2 Å². The van der Waals surface area contributed by atoms with Crippen LogP contribution in [0.5, 0.6) is 0 Å². The molecule has 0 aromatic heterocycles. The highest BCUT2D eigenvalue weighted by Gasteiger charge is 2.35. The number of aliphatic carboxylic acids is 1. The number of thioether (sulfide) groups is 1. The topological polar surface area (TPSA) is 66.4 Å². The molecule has 0 aliphatic heterocycles. The standard InChI is InChI=1S/C15H23NO3S/c1-2-20-11-8-7-10(9-11)16-14(17)12-5-3-4-6-13(12)15(18)19/h3-4,10-13H,2,5-9H2,1H3,(H,16,17)(H,18,19)/t10?,11?,12-,13+/m1/s1. The molecule has 0 aromatic rings. The van der Waals surface area contributed by atoms with Gasteiger partial charge >= 0.3 is 5.97 Å². The van der Waals surface area contributed by atoms with Gasteiger partial charge in [-0.25, -0.2) is 0 Å². The molecule has 2 unspecified atom stereocenters. The number of carboxylic acid groups (broad SMARTS) is 1. The van der Waals surface area contributed by atoms with E-state index < -0.39 is 17.8 Å². The van der Waals surface area contributed by atoms with Crippen LogP contribution in [0.3, 0.4) is 0 Å². The summed E-state index contributed by atoms with van der Waals surface area (Å²) in [5.41, 5.74) is 0. The first-order chi connectivity index (χ1) is 9.61. The molecule has 2 rings (SSSR count). The molecule has 1 saturated carbocycles. The first kappa shape index (κ1) is 15.4. The van der Waals surface area contributed by atoms with E-state index in [2.05, 4.69) is 12.2 Å². The van der Waals surface area contributed by atoms with Gasteiger partial charge in [-0.05, 0) is 37.9 Å². The van der Waals surface area contributed by atoms with Crippen molar-refractivity contribution < 1.29 is 14.7 Å². The van der Waals surface area contributed by atoms with Gasteiger partial charge in [0.1, 0.15) is 0 Å². The van der Waals surface area contributed by atoms with E-state index in [0.29, 0.717) is 18.1 Å². The lowest BCUT2D eigenvalue weighted by atomic mass is 9.82. The Labute approximate surface area is 124 Å². The van der Waals surface area contributed by atoms with Gasteiger partial charge in [-0.1, -0.05) is 19.1 Å². The van der Waals surface area contributed by atoms with Crippen LogP contribution in [0.1, 0.15) is 39.0 Å². The minimum Gasteiger partial charge on any atom is -0.481 e. The molecule has 2 aliphatic rings. The summed E-state index contributed by atoms with van der Waals surface area (Å²) in [4.78, 5) is 23.5. The molecule has 0 saturated heterocycles. The monoisotopic (exact) mass is 297 g/mol. The lowest BCUT2D eigenvalue weighted by molar-refractivity contribution is -0.147. The van der Waals surface area contributed by atoms with E-state index in [4.69, 9.17) is 0 Å². The number of carbonyl (C=O) groups excluding carboxylic acids is 1. The van der Waals surface area contributed by atoms with Gasteiger partial charge in [-0.3, -0.25) is 9.59 Å². The van der Waals surface area contributed by atoms with Gasteiger partial charge in [0.15, 0.2) is 0 Å². The van der Waals surface area contributed by atoms with Crippen molar-refractivity contribution >= 4 is 23.6 Å². The van der Waals surface area contributed by atoms with Gasteiger partial charge in [0.25, 0.3) is 0 Å². The molecular weight excluding hydrogens is 274 g/mol. The predicted molar refractivity (Wildman–Crippen MR) is 80.7 cm³/mol. The molecule has 0 radical (unpaired) electrons. The molecule has 0 spiro atoms. The van der Waals surface area contributed by atoms with E-state index in [-0.39, 0.29) is 11.9 Å². The molecule has 1 fully saturated rings. The number of hydrogen-bond acceptors (Lipinski definition) is 3. The number of carbonyl (C=O) groups is 2. The van der Waals surface area contributed by atoms with E-state index in [0.717, 1.165) is 25.0 Å². The number of nitrogens with one attached hydrogen (secondary N) is 1. The van der Waals surface area contributed by atoms with Crippen LogP contribution in [0.4, 0.5) is 0 Å². The molecule has 0 bridgehead atoms. The Morgan fingerprint density at radius 2 is 1.95 bits per heavy atom. The first-order valence-corrected chi connectivity index (χ1v) is 8.46. The van der Waals surface area contributed by atoms with Crippen LogP contribution in [-0.2, 0) is 9.59 Å². The van der Waals surface area contributed by atoms with Crippen molar-refractivity contribution in [2.24, 2.45) is 11.8 Å². The van der Waals surface area contributed by atoms with Gasteiger partial charge in [0.05, 0.1) is 11.8 Å². The van der Waals surface area contributed by atoms with Crippen LogP contribution in [-0.4, -0.2) is 34.0 Å². The fourth-order valence-electron chi connectivity index (χ4n) is 3.14. The number of allylic oxidation sites excluding steroid dienone is 2. The predicted octanol–water partition coefficient (Wildman–Crippen LogP) is 2.44. The fraction of sp³-hybridized carbons (Fsp3) is 0.733. The normalized spacial score (nSPS) is 33.0. The van der Waals surface area contributed by atoms with Gasteiger partial charge < -0.3 is 10.4 Å². The number of rotatable bonds is 5. The average molecular weight is 297 g/mol. The molecule has 2 aliphatic carbocycles. The van der Waals surface area contributed by atoms with Crippen molar-refractivity contribution in [2.45, 2.75) is 50.3 Å². The van der Waals surface area contributed by atoms with Crippen molar-refractivity contribution in [2.75, 3.05) is 5.75 Å². The molecule has 5 heteroatoms. The summed E-state index contributed by atoms with van der Waals surface area (Å²) in [5, 5.41) is 12.9. The zero-order valence-corrected chi connectivity index (χ0v) is 12.7. The third-order valence-corrected chi connectivity index (χ3v) is 5.45. The van der Waals surface area contributed by atoms with Crippen LogP contribution in [0.25, 0.3) is 0 Å². The molecule has 1 amide bonds. The van der Waals surface area contributed by atoms with Crippen molar-refractivity contribution in [3.05, 3.63) is 12.2 Å². The zero-order chi connectivity index (χ0) is 14.5. The smallest absolute Gasteiger partial charge is 0.307 e. The summed E-state index contributed by atoms with van der Waals surface area (Å²) >= 11 is 1.95. The lowest BCUT2D eigenvalue weighted by Gasteiger charge is -2.26. The van der Waals surface area contributed by atoms with E-state index in [1.165, 1.54) is 0 Å². The van der Waals surface area contributed by atoms with E-state index in [1.54, 1.807) is 0 Å². The Balaban J connectivity index is 1.88. The number of carboxylic acids is 1. The van der Waals surface area contributed by atoms with Crippen molar-refractivity contribution in [1.82, 2.24) is 5.32 Å². The summed E-state index contributed by atoms with van der Waals surface area (Å²) in [5.74, 6) is -0.799. The van der Waals surface area contributed by atoms with Crippen LogP contribution in [0.2, 0.25) is 0 Å². The quantitative estimate of drug-likeness (QED) is 0.765. The molecule has 0 aromatic carbocycles. The molecule has 4 atom stereocenters. The summed E-state index contributed by atoms with van der Waals surface area (Å²) < 4.78 is 0. The van der Waals surface area contributed by atoms with Gasteiger partial charge in [0, 0.05) is 11.3 Å². The second kappa shape index (κ2) is 7.16. The van der Waals surface area contributed by atoms with Gasteiger partial charge in [-0.2, -0.15) is 11.8 Å². The number of amides is 1. The highest BCUT2D eigenvalue weighted by Crippen LogP contribution is 2.31. The molecule has 4 nitrogen and oxygen atoms in total. The van der Waals surface area contributed by atoms with E-state index in [1.807, 2.05) is 23.9 Å². The third kappa shape index (κ3) is 3.78. The maximum atomic E-state index is 12.3. The zero-order valence-electron chi connectivity index (χ0n) is 11.9. The highest BCUT2D eigenvalue weighted by atomic mass is 32.2. The summed E-state index contributed by atoms with van der Waals surface area (Å²) in [6.45, 7) is 2.16. The minimum atomic E-state index is -0.861. The van der Waals surface area contributed by atoms with Crippen molar-refractivity contribution in [3.63, 3.8) is 0 Å². The van der Waals surface area contributed by atoms with E-state index in [9.17, 15) is 14.7 Å². The second-order valence-electron chi connectivity index (χ2n) is 5.59. The molecular formula is C15H23NO3S. The number of hydrogen-bond donors (Lipinski definition) is 2. The highest BCUT2D eigenvalue weighted by molar-refractivity contribution is 7.99. The Bertz CT molecular complexity index is 397. The largest absolute Gasteiger partial charge is 0.481 e. The van der Waals surface area contributed by atoms with E-state index >= 15 is 0 Å². The molecule has 20 heavy (non-hydrogen) atoms. The van der Waals surface area contributed by atoms with Crippen LogP contribution in [0, 0.1) is 11.8 Å². The summed E-state index contributed by atoms with van der Waals surface area (Å²) in [6, 6.07) is 0.229. The second-order valence-corrected chi connectivity index (χ2v) is 7.17. The summed E-state index contributed by atoms with van der Waals surface area (Å²) in [6.07, 6.45) is 7.99. The van der Waals surface area contributed by atoms with Crippen LogP contribution >= 0.6 is 11.8 Å². The Hall–Kier alpha value is -0.970. The maximum Gasteiger partial charge on any atom is 0.307 e. The average Bonchev–Trinajstić information content (AvgIpc) is 2.86. The van der Waals surface area contributed by atoms with Crippen molar-refractivity contribution in [1.29, 1.82) is 0 Å². The third-order valence-electron chi connectivity index (χ3n) is 4.22. The van der Waals surface area contributed by atoms with Crippen molar-refractivity contribution in [3.8, 4) is 0 Å². The first-order valence-electron chi connectivity index (χ1n) is 7.41. The summed E-state index contributed by atoms with van der Waals surface area (Å²) in [7, 11) is 0. The fourth-order valence-corrected chi connectivity index (χ4v) is 4.29. The maximum absolute atomic E-state index is 12.3. The van der Waals surface area contributed by atoms with Gasteiger partial charge in [0.2, 0.25) is 5.91 Å². The van der Waals surface area contributed by atoms with Gasteiger partial charge in [-0.15, -0.1) is 0 Å². The SMILES string of the molecule is CCSC1CCC(NC(=O)[C@@H]2CC=CC[C@@H]2C(=O)O)C1. The Kier molecular flexibility index (Phi) is 5.52. The molecule has 2 N–H and O–H groups in total. The lowest BCUT2D eigenvalue weighted by Crippen LogP contribution is -2.42. The molecule has 112 valence electrons. The Morgan fingerprint density at radius 1 is 1.25 bits per heavy atom. The van der Waals surface area contributed by atoms with Crippen LogP contribution < -0.4 is 5.32 Å².